The van der Waals surface area contributed by atoms with Crippen LogP contribution in [0.3, 0.4) is 0 Å². The number of benzene rings is 1. The Labute approximate surface area is 115 Å². The minimum Gasteiger partial charge on any atom is -0.396 e. The molecule has 2 unspecified atom stereocenters. The number of carbonyl (C=O) groups excluding carboxylic acids is 1. The third-order valence-electron chi connectivity index (χ3n) is 3.17. The summed E-state index contributed by atoms with van der Waals surface area (Å²) in [6, 6.07) is 9.54. The van der Waals surface area contributed by atoms with Crippen molar-refractivity contribution in [1.29, 1.82) is 0 Å². The van der Waals surface area contributed by atoms with E-state index < -0.39 is 6.04 Å². The van der Waals surface area contributed by atoms with Gasteiger partial charge in [-0.1, -0.05) is 37.3 Å². The summed E-state index contributed by atoms with van der Waals surface area (Å²) in [6.45, 7) is 2.71. The number of aryl methyl sites for hydroxylation is 1. The first-order valence-electron chi connectivity index (χ1n) is 6.81. The third-order valence-corrected chi connectivity index (χ3v) is 3.17. The number of amides is 1. The standard InChI is InChI=1S/C15H24N2O2/c1-12(9-10-18)11-17-15(19)14(16)8-7-13-5-3-2-4-6-13/h2-6,12,14,18H,7-11,16H2,1H3,(H,17,19). The molecule has 0 heterocycles. The first kappa shape index (κ1) is 15.7. The molecule has 1 aromatic rings. The van der Waals surface area contributed by atoms with Crippen molar-refractivity contribution in [2.75, 3.05) is 13.2 Å². The lowest BCUT2D eigenvalue weighted by Crippen LogP contribution is -2.42. The van der Waals surface area contributed by atoms with Gasteiger partial charge in [-0.15, -0.1) is 0 Å². The highest BCUT2D eigenvalue weighted by molar-refractivity contribution is 5.81. The van der Waals surface area contributed by atoms with Gasteiger partial charge in [0.1, 0.15) is 0 Å². The Morgan fingerprint density at radius 1 is 1.32 bits per heavy atom. The number of aliphatic hydroxyl groups is 1. The average molecular weight is 264 g/mol. The quantitative estimate of drug-likeness (QED) is 0.657. The van der Waals surface area contributed by atoms with Crippen molar-refractivity contribution in [3.63, 3.8) is 0 Å². The van der Waals surface area contributed by atoms with E-state index in [2.05, 4.69) is 5.32 Å². The molecule has 106 valence electrons. The summed E-state index contributed by atoms with van der Waals surface area (Å²) in [6.07, 6.45) is 2.14. The van der Waals surface area contributed by atoms with E-state index in [4.69, 9.17) is 10.8 Å². The Morgan fingerprint density at radius 2 is 2.00 bits per heavy atom. The van der Waals surface area contributed by atoms with Crippen LogP contribution < -0.4 is 11.1 Å². The van der Waals surface area contributed by atoms with E-state index in [1.54, 1.807) is 0 Å². The molecular formula is C15H24N2O2. The number of nitrogens with two attached hydrogens (primary N) is 1. The van der Waals surface area contributed by atoms with Crippen LogP contribution in [0.15, 0.2) is 30.3 Å². The summed E-state index contributed by atoms with van der Waals surface area (Å²) < 4.78 is 0. The van der Waals surface area contributed by atoms with Gasteiger partial charge in [0.25, 0.3) is 0 Å². The Balaban J connectivity index is 2.25. The minimum absolute atomic E-state index is 0.110. The smallest absolute Gasteiger partial charge is 0.236 e. The maximum absolute atomic E-state index is 11.8. The zero-order valence-corrected chi connectivity index (χ0v) is 11.5. The van der Waals surface area contributed by atoms with E-state index >= 15 is 0 Å². The van der Waals surface area contributed by atoms with Crippen molar-refractivity contribution < 1.29 is 9.90 Å². The second-order valence-electron chi connectivity index (χ2n) is 4.99. The van der Waals surface area contributed by atoms with Crippen molar-refractivity contribution in [2.24, 2.45) is 11.7 Å². The Kier molecular flexibility index (Phi) is 7.15. The fourth-order valence-electron chi connectivity index (χ4n) is 1.83. The summed E-state index contributed by atoms with van der Waals surface area (Å²) in [4.78, 5) is 11.8. The lowest BCUT2D eigenvalue weighted by atomic mass is 10.0. The lowest BCUT2D eigenvalue weighted by Gasteiger charge is -2.15. The van der Waals surface area contributed by atoms with Crippen LogP contribution in [0.25, 0.3) is 0 Å². The van der Waals surface area contributed by atoms with Crippen LogP contribution in [0.4, 0.5) is 0 Å². The largest absolute Gasteiger partial charge is 0.396 e. The van der Waals surface area contributed by atoms with Gasteiger partial charge in [-0.25, -0.2) is 0 Å². The number of rotatable bonds is 8. The van der Waals surface area contributed by atoms with Crippen molar-refractivity contribution in [2.45, 2.75) is 32.2 Å². The maximum Gasteiger partial charge on any atom is 0.236 e. The summed E-state index contributed by atoms with van der Waals surface area (Å²) in [7, 11) is 0. The molecular weight excluding hydrogens is 240 g/mol. The van der Waals surface area contributed by atoms with E-state index in [0.29, 0.717) is 19.4 Å². The molecule has 0 bridgehead atoms. The summed E-state index contributed by atoms with van der Waals surface area (Å²) in [5.74, 6) is 0.163. The average Bonchev–Trinajstić information content (AvgIpc) is 2.43. The van der Waals surface area contributed by atoms with E-state index in [1.165, 1.54) is 5.56 Å². The molecule has 4 N–H and O–H groups in total. The van der Waals surface area contributed by atoms with Crippen LogP contribution >= 0.6 is 0 Å². The van der Waals surface area contributed by atoms with E-state index in [9.17, 15) is 4.79 Å². The fraction of sp³-hybridized carbons (Fsp3) is 0.533. The normalized spacial score (nSPS) is 13.8. The number of hydrogen-bond donors (Lipinski definition) is 3. The molecule has 0 aliphatic rings. The molecule has 1 rings (SSSR count). The highest BCUT2D eigenvalue weighted by Crippen LogP contribution is 2.04. The van der Waals surface area contributed by atoms with Gasteiger partial charge in [0.2, 0.25) is 5.91 Å². The van der Waals surface area contributed by atoms with Crippen LogP contribution in [0, 0.1) is 5.92 Å². The van der Waals surface area contributed by atoms with Crippen molar-refractivity contribution >= 4 is 5.91 Å². The first-order valence-corrected chi connectivity index (χ1v) is 6.81. The second-order valence-corrected chi connectivity index (χ2v) is 4.99. The van der Waals surface area contributed by atoms with Crippen LogP contribution in [-0.4, -0.2) is 30.2 Å². The van der Waals surface area contributed by atoms with Gasteiger partial charge in [0.15, 0.2) is 0 Å². The Hall–Kier alpha value is -1.39. The molecule has 4 nitrogen and oxygen atoms in total. The van der Waals surface area contributed by atoms with Gasteiger partial charge in [-0.3, -0.25) is 4.79 Å². The summed E-state index contributed by atoms with van der Waals surface area (Å²) >= 11 is 0. The minimum atomic E-state index is -0.471. The van der Waals surface area contributed by atoms with Gasteiger partial charge in [0.05, 0.1) is 6.04 Å². The molecule has 0 aliphatic heterocycles. The van der Waals surface area contributed by atoms with Crippen LogP contribution in [-0.2, 0) is 11.2 Å². The van der Waals surface area contributed by atoms with Gasteiger partial charge in [-0.2, -0.15) is 0 Å². The molecule has 1 amide bonds. The molecule has 4 heteroatoms. The molecule has 0 fully saturated rings. The molecule has 19 heavy (non-hydrogen) atoms. The molecule has 0 spiro atoms. The Morgan fingerprint density at radius 3 is 2.63 bits per heavy atom. The monoisotopic (exact) mass is 264 g/mol. The number of carbonyl (C=O) groups is 1. The predicted octanol–water partition coefficient (Wildman–Crippen LogP) is 1.08. The summed E-state index contributed by atoms with van der Waals surface area (Å²) in [5.41, 5.74) is 7.06. The van der Waals surface area contributed by atoms with Crippen LogP contribution in [0.2, 0.25) is 0 Å². The van der Waals surface area contributed by atoms with E-state index in [-0.39, 0.29) is 18.4 Å². The van der Waals surface area contributed by atoms with Crippen molar-refractivity contribution in [1.82, 2.24) is 5.32 Å². The predicted molar refractivity (Wildman–Crippen MR) is 76.6 cm³/mol. The SMILES string of the molecule is CC(CCO)CNC(=O)C(N)CCc1ccccc1. The first-order chi connectivity index (χ1) is 9.13. The van der Waals surface area contributed by atoms with Gasteiger partial charge >= 0.3 is 0 Å². The highest BCUT2D eigenvalue weighted by Gasteiger charge is 2.13. The maximum atomic E-state index is 11.8. The molecule has 0 aliphatic carbocycles. The fourth-order valence-corrected chi connectivity index (χ4v) is 1.83. The van der Waals surface area contributed by atoms with Gasteiger partial charge in [-0.05, 0) is 30.7 Å². The molecule has 0 aromatic heterocycles. The van der Waals surface area contributed by atoms with Crippen LogP contribution in [0.1, 0.15) is 25.3 Å². The highest BCUT2D eigenvalue weighted by atomic mass is 16.3. The molecule has 1 aromatic carbocycles. The number of nitrogens with one attached hydrogen (secondary N) is 1. The Bertz CT molecular complexity index is 368. The third kappa shape index (κ3) is 6.36. The molecule has 2 atom stereocenters. The molecule has 0 saturated carbocycles. The number of hydrogen-bond acceptors (Lipinski definition) is 3. The molecule has 0 saturated heterocycles. The van der Waals surface area contributed by atoms with Gasteiger partial charge in [0, 0.05) is 13.2 Å². The van der Waals surface area contributed by atoms with Crippen LogP contribution in [0.5, 0.6) is 0 Å². The number of aliphatic hydroxyl groups excluding tert-OH is 1. The zero-order valence-electron chi connectivity index (χ0n) is 11.5. The topological polar surface area (TPSA) is 75.3 Å². The second kappa shape index (κ2) is 8.67. The zero-order chi connectivity index (χ0) is 14.1. The van der Waals surface area contributed by atoms with Crippen molar-refractivity contribution in [3.8, 4) is 0 Å². The van der Waals surface area contributed by atoms with Gasteiger partial charge < -0.3 is 16.2 Å². The molecule has 0 radical (unpaired) electrons. The van der Waals surface area contributed by atoms with E-state index in [1.807, 2.05) is 37.3 Å². The lowest BCUT2D eigenvalue weighted by molar-refractivity contribution is -0.122. The summed E-state index contributed by atoms with van der Waals surface area (Å²) in [5, 5.41) is 11.6. The van der Waals surface area contributed by atoms with E-state index in [0.717, 1.165) is 6.42 Å². The van der Waals surface area contributed by atoms with Crippen molar-refractivity contribution in [3.05, 3.63) is 35.9 Å².